The van der Waals surface area contributed by atoms with Gasteiger partial charge in [-0.15, -0.1) is 0 Å². The lowest BCUT2D eigenvalue weighted by Gasteiger charge is -2.05. The summed E-state index contributed by atoms with van der Waals surface area (Å²) in [5.41, 5.74) is 0. The van der Waals surface area contributed by atoms with Crippen molar-refractivity contribution in [2.45, 2.75) is 20.4 Å². The number of rotatable bonds is 5. The van der Waals surface area contributed by atoms with E-state index in [0.29, 0.717) is 36.6 Å². The molecular weight excluding hydrogens is 220 g/mol. The summed E-state index contributed by atoms with van der Waals surface area (Å²) in [6.07, 6.45) is 0. The number of nitrogens with zero attached hydrogens (tertiary/aromatic N) is 3. The molecular formula is C11H14N4O2. The molecule has 0 aliphatic rings. The Balaban J connectivity index is 1.96. The van der Waals surface area contributed by atoms with E-state index in [0.717, 1.165) is 0 Å². The Morgan fingerprint density at radius 2 is 2.24 bits per heavy atom. The summed E-state index contributed by atoms with van der Waals surface area (Å²) in [6.45, 7) is 4.74. The molecule has 0 aliphatic heterocycles. The number of hydrogen-bond acceptors (Lipinski definition) is 6. The predicted molar refractivity (Wildman–Crippen MR) is 61.8 cm³/mol. The molecule has 6 nitrogen and oxygen atoms in total. The molecule has 0 amide bonds. The number of anilines is 1. The fraction of sp³-hybridized carbons (Fsp3) is 0.364. The van der Waals surface area contributed by atoms with Crippen LogP contribution in [0.25, 0.3) is 0 Å². The quantitative estimate of drug-likeness (QED) is 0.850. The van der Waals surface area contributed by atoms with Gasteiger partial charge in [0.2, 0.25) is 11.8 Å². The van der Waals surface area contributed by atoms with Crippen molar-refractivity contribution < 1.29 is 9.26 Å². The summed E-state index contributed by atoms with van der Waals surface area (Å²) in [4.78, 5) is 8.35. The average molecular weight is 234 g/mol. The van der Waals surface area contributed by atoms with Gasteiger partial charge >= 0.3 is 0 Å². The lowest BCUT2D eigenvalue weighted by atomic mass is 10.4. The van der Waals surface area contributed by atoms with E-state index in [9.17, 15) is 0 Å². The molecule has 17 heavy (non-hydrogen) atoms. The van der Waals surface area contributed by atoms with Gasteiger partial charge in [-0.25, -0.2) is 0 Å². The first-order valence-corrected chi connectivity index (χ1v) is 5.41. The highest BCUT2D eigenvalue weighted by atomic mass is 16.5. The smallest absolute Gasteiger partial charge is 0.245 e. The number of aromatic nitrogens is 3. The lowest BCUT2D eigenvalue weighted by molar-refractivity contribution is 0.327. The van der Waals surface area contributed by atoms with Crippen molar-refractivity contribution in [3.05, 3.63) is 29.9 Å². The Labute approximate surface area is 99.0 Å². The van der Waals surface area contributed by atoms with Crippen LogP contribution in [0.4, 0.5) is 5.82 Å². The summed E-state index contributed by atoms with van der Waals surface area (Å²) in [6, 6.07) is 5.54. The third kappa shape index (κ3) is 3.17. The number of nitrogens with one attached hydrogen (secondary N) is 1. The third-order valence-electron chi connectivity index (χ3n) is 2.01. The van der Waals surface area contributed by atoms with Crippen LogP contribution in [0.1, 0.15) is 18.6 Å². The second-order valence-corrected chi connectivity index (χ2v) is 3.38. The minimum Gasteiger partial charge on any atom is -0.478 e. The van der Waals surface area contributed by atoms with E-state index in [-0.39, 0.29) is 0 Å². The van der Waals surface area contributed by atoms with Crippen molar-refractivity contribution in [3.8, 4) is 5.88 Å². The van der Waals surface area contributed by atoms with E-state index in [1.165, 1.54) is 0 Å². The van der Waals surface area contributed by atoms with Crippen LogP contribution in [0.5, 0.6) is 5.88 Å². The Morgan fingerprint density at radius 3 is 2.94 bits per heavy atom. The fourth-order valence-corrected chi connectivity index (χ4v) is 1.32. The van der Waals surface area contributed by atoms with Crippen molar-refractivity contribution in [2.24, 2.45) is 0 Å². The molecule has 0 atom stereocenters. The maximum Gasteiger partial charge on any atom is 0.245 e. The van der Waals surface area contributed by atoms with Gasteiger partial charge in [-0.3, -0.25) is 0 Å². The molecule has 2 aromatic heterocycles. The van der Waals surface area contributed by atoms with Crippen LogP contribution in [0.15, 0.2) is 22.7 Å². The maximum absolute atomic E-state index is 5.30. The van der Waals surface area contributed by atoms with Gasteiger partial charge < -0.3 is 14.6 Å². The van der Waals surface area contributed by atoms with Crippen molar-refractivity contribution in [1.29, 1.82) is 0 Å². The first-order valence-electron chi connectivity index (χ1n) is 5.41. The molecule has 0 saturated carbocycles. The minimum atomic E-state index is 0.448. The highest BCUT2D eigenvalue weighted by Gasteiger charge is 2.03. The zero-order valence-corrected chi connectivity index (χ0v) is 9.80. The van der Waals surface area contributed by atoms with Gasteiger partial charge in [0.05, 0.1) is 13.2 Å². The largest absolute Gasteiger partial charge is 0.478 e. The molecule has 0 aliphatic carbocycles. The molecule has 2 heterocycles. The number of pyridine rings is 1. The fourth-order valence-electron chi connectivity index (χ4n) is 1.32. The van der Waals surface area contributed by atoms with Gasteiger partial charge in [0.15, 0.2) is 5.82 Å². The standard InChI is InChI=1S/C11H14N4O2/c1-3-16-10-6-4-5-9(14-10)12-7-11-13-8(2)15-17-11/h4-6H,3,7H2,1-2H3,(H,12,14). The first-order chi connectivity index (χ1) is 8.28. The van der Waals surface area contributed by atoms with Crippen LogP contribution in [0.3, 0.4) is 0 Å². The molecule has 90 valence electrons. The molecule has 1 N–H and O–H groups in total. The van der Waals surface area contributed by atoms with Gasteiger partial charge in [-0.1, -0.05) is 11.2 Å². The third-order valence-corrected chi connectivity index (χ3v) is 2.01. The maximum atomic E-state index is 5.30. The molecule has 2 rings (SSSR count). The predicted octanol–water partition coefficient (Wildman–Crippen LogP) is 1.78. The normalized spacial score (nSPS) is 10.2. The van der Waals surface area contributed by atoms with E-state index >= 15 is 0 Å². The van der Waals surface area contributed by atoms with Crippen LogP contribution in [-0.2, 0) is 6.54 Å². The van der Waals surface area contributed by atoms with Crippen LogP contribution >= 0.6 is 0 Å². The molecule has 0 saturated heterocycles. The molecule has 0 aromatic carbocycles. The minimum absolute atomic E-state index is 0.448. The van der Waals surface area contributed by atoms with Crippen LogP contribution in [0, 0.1) is 6.92 Å². The molecule has 0 unspecified atom stereocenters. The molecule has 0 fully saturated rings. The van der Waals surface area contributed by atoms with Crippen molar-refractivity contribution in [3.63, 3.8) is 0 Å². The van der Waals surface area contributed by atoms with Crippen LogP contribution < -0.4 is 10.1 Å². The zero-order chi connectivity index (χ0) is 12.1. The van der Waals surface area contributed by atoms with E-state index in [1.54, 1.807) is 6.92 Å². The number of hydrogen-bond donors (Lipinski definition) is 1. The van der Waals surface area contributed by atoms with Gasteiger partial charge in [-0.05, 0) is 19.9 Å². The topological polar surface area (TPSA) is 73.1 Å². The Morgan fingerprint density at radius 1 is 1.35 bits per heavy atom. The SMILES string of the molecule is CCOc1cccc(NCc2nc(C)no2)n1. The van der Waals surface area contributed by atoms with E-state index < -0.39 is 0 Å². The Bertz CT molecular complexity index is 484. The molecule has 2 aromatic rings. The highest BCUT2D eigenvalue weighted by Crippen LogP contribution is 2.12. The van der Waals surface area contributed by atoms with Crippen molar-refractivity contribution in [1.82, 2.24) is 15.1 Å². The van der Waals surface area contributed by atoms with Gasteiger partial charge in [0, 0.05) is 6.07 Å². The number of ether oxygens (including phenoxy) is 1. The molecule has 0 spiro atoms. The summed E-state index contributed by atoms with van der Waals surface area (Å²) in [5, 5.41) is 6.79. The van der Waals surface area contributed by atoms with Crippen LogP contribution in [-0.4, -0.2) is 21.7 Å². The zero-order valence-electron chi connectivity index (χ0n) is 9.80. The lowest BCUT2D eigenvalue weighted by Crippen LogP contribution is -2.03. The average Bonchev–Trinajstić information content (AvgIpc) is 2.74. The molecule has 0 radical (unpaired) electrons. The van der Waals surface area contributed by atoms with Crippen molar-refractivity contribution in [2.75, 3.05) is 11.9 Å². The van der Waals surface area contributed by atoms with E-state index in [4.69, 9.17) is 9.26 Å². The summed E-state index contributed by atoms with van der Waals surface area (Å²) < 4.78 is 10.3. The summed E-state index contributed by atoms with van der Waals surface area (Å²) >= 11 is 0. The van der Waals surface area contributed by atoms with E-state index in [2.05, 4.69) is 20.4 Å². The van der Waals surface area contributed by atoms with E-state index in [1.807, 2.05) is 25.1 Å². The Hall–Kier alpha value is -2.11. The molecule has 0 bridgehead atoms. The Kier molecular flexibility index (Phi) is 3.54. The first kappa shape index (κ1) is 11.4. The highest BCUT2D eigenvalue weighted by molar-refractivity contribution is 5.36. The van der Waals surface area contributed by atoms with Crippen LogP contribution in [0.2, 0.25) is 0 Å². The van der Waals surface area contributed by atoms with Gasteiger partial charge in [-0.2, -0.15) is 9.97 Å². The monoisotopic (exact) mass is 234 g/mol. The summed E-state index contributed by atoms with van der Waals surface area (Å²) in [7, 11) is 0. The molecule has 6 heteroatoms. The van der Waals surface area contributed by atoms with Gasteiger partial charge in [0.25, 0.3) is 0 Å². The van der Waals surface area contributed by atoms with Gasteiger partial charge in [0.1, 0.15) is 5.82 Å². The number of aryl methyl sites for hydroxylation is 1. The summed E-state index contributed by atoms with van der Waals surface area (Å²) in [5.74, 6) is 2.47. The second kappa shape index (κ2) is 5.29. The second-order valence-electron chi connectivity index (χ2n) is 3.38. The van der Waals surface area contributed by atoms with Crippen molar-refractivity contribution >= 4 is 5.82 Å².